The fourth-order valence-electron chi connectivity index (χ4n) is 3.43. The standard InChI is InChI=1S/C21H28N2O3S/c1-26-21-11-5-9-20(17-21)18-22-12-14-23(15-13-22)27(24,25)16-6-10-19-7-3-2-4-8-19/h2-5,7-9,11,17H,6,10,12-16,18H2,1H3. The number of rotatable bonds is 8. The molecule has 0 radical (unpaired) electrons. The molecule has 0 spiro atoms. The van der Waals surface area contributed by atoms with E-state index in [0.29, 0.717) is 19.5 Å². The molecule has 1 fully saturated rings. The smallest absolute Gasteiger partial charge is 0.214 e. The van der Waals surface area contributed by atoms with E-state index in [1.54, 1.807) is 11.4 Å². The van der Waals surface area contributed by atoms with Crippen LogP contribution in [0, 0.1) is 0 Å². The van der Waals surface area contributed by atoms with E-state index in [1.165, 1.54) is 11.1 Å². The Morgan fingerprint density at radius 3 is 2.33 bits per heavy atom. The van der Waals surface area contributed by atoms with Crippen molar-refractivity contribution < 1.29 is 13.2 Å². The molecule has 0 bridgehead atoms. The van der Waals surface area contributed by atoms with Crippen LogP contribution in [0.3, 0.4) is 0 Å². The van der Waals surface area contributed by atoms with Crippen molar-refractivity contribution in [2.45, 2.75) is 19.4 Å². The van der Waals surface area contributed by atoms with Crippen molar-refractivity contribution in [2.75, 3.05) is 39.0 Å². The highest BCUT2D eigenvalue weighted by Crippen LogP contribution is 2.17. The summed E-state index contributed by atoms with van der Waals surface area (Å²) in [5.74, 6) is 1.07. The van der Waals surface area contributed by atoms with Gasteiger partial charge in [-0.2, -0.15) is 4.31 Å². The molecule has 6 heteroatoms. The van der Waals surface area contributed by atoms with Crippen molar-refractivity contribution in [1.82, 2.24) is 9.21 Å². The molecule has 0 atom stereocenters. The molecule has 0 aliphatic carbocycles. The van der Waals surface area contributed by atoms with Crippen molar-refractivity contribution in [3.05, 3.63) is 65.7 Å². The topological polar surface area (TPSA) is 49.9 Å². The van der Waals surface area contributed by atoms with Gasteiger partial charge >= 0.3 is 0 Å². The highest BCUT2D eigenvalue weighted by molar-refractivity contribution is 7.89. The Bertz CT molecular complexity index is 816. The molecule has 1 saturated heterocycles. The van der Waals surface area contributed by atoms with Crippen molar-refractivity contribution in [3.8, 4) is 5.75 Å². The number of methoxy groups -OCH3 is 1. The van der Waals surface area contributed by atoms with Crippen molar-refractivity contribution >= 4 is 10.0 Å². The minimum atomic E-state index is -3.17. The summed E-state index contributed by atoms with van der Waals surface area (Å²) in [5, 5.41) is 0. The first kappa shape index (κ1) is 19.9. The summed E-state index contributed by atoms with van der Waals surface area (Å²) in [4.78, 5) is 2.30. The van der Waals surface area contributed by atoms with Crippen LogP contribution >= 0.6 is 0 Å². The molecule has 146 valence electrons. The van der Waals surface area contributed by atoms with Crippen LogP contribution in [0.2, 0.25) is 0 Å². The fourth-order valence-corrected chi connectivity index (χ4v) is 4.91. The van der Waals surface area contributed by atoms with Crippen LogP contribution in [0.25, 0.3) is 0 Å². The maximum Gasteiger partial charge on any atom is 0.214 e. The molecule has 1 aliphatic rings. The van der Waals surface area contributed by atoms with E-state index in [9.17, 15) is 8.42 Å². The highest BCUT2D eigenvalue weighted by atomic mass is 32.2. The molecule has 1 heterocycles. The van der Waals surface area contributed by atoms with E-state index in [4.69, 9.17) is 4.74 Å². The van der Waals surface area contributed by atoms with Gasteiger partial charge in [0.05, 0.1) is 12.9 Å². The summed E-state index contributed by atoms with van der Waals surface area (Å²) in [6, 6.07) is 18.1. The van der Waals surface area contributed by atoms with Crippen LogP contribution in [0.5, 0.6) is 5.75 Å². The second kappa shape index (κ2) is 9.35. The minimum absolute atomic E-state index is 0.220. The normalized spacial score (nSPS) is 16.3. The van der Waals surface area contributed by atoms with Crippen LogP contribution in [0.4, 0.5) is 0 Å². The van der Waals surface area contributed by atoms with Gasteiger partial charge in [-0.15, -0.1) is 0 Å². The van der Waals surface area contributed by atoms with Gasteiger partial charge in [0.25, 0.3) is 0 Å². The Morgan fingerprint density at radius 1 is 0.926 bits per heavy atom. The Morgan fingerprint density at radius 2 is 1.63 bits per heavy atom. The Kier molecular flexibility index (Phi) is 6.88. The van der Waals surface area contributed by atoms with Gasteiger partial charge in [0.1, 0.15) is 5.75 Å². The Labute approximate surface area is 162 Å². The van der Waals surface area contributed by atoms with Crippen LogP contribution in [-0.2, 0) is 23.0 Å². The molecule has 27 heavy (non-hydrogen) atoms. The first-order valence-corrected chi connectivity index (χ1v) is 11.0. The molecule has 0 N–H and O–H groups in total. The number of benzene rings is 2. The number of aryl methyl sites for hydroxylation is 1. The van der Waals surface area contributed by atoms with Crippen molar-refractivity contribution in [2.24, 2.45) is 0 Å². The molecule has 1 aliphatic heterocycles. The predicted molar refractivity (Wildman–Crippen MR) is 108 cm³/mol. The third kappa shape index (κ3) is 5.79. The van der Waals surface area contributed by atoms with E-state index < -0.39 is 10.0 Å². The SMILES string of the molecule is COc1cccc(CN2CCN(S(=O)(=O)CCCc3ccccc3)CC2)c1. The van der Waals surface area contributed by atoms with E-state index in [-0.39, 0.29) is 5.75 Å². The molecule has 2 aromatic carbocycles. The number of nitrogens with zero attached hydrogens (tertiary/aromatic N) is 2. The third-order valence-corrected chi connectivity index (χ3v) is 6.93. The van der Waals surface area contributed by atoms with E-state index in [0.717, 1.165) is 31.8 Å². The predicted octanol–water partition coefficient (Wildman–Crippen LogP) is 2.78. The van der Waals surface area contributed by atoms with Gasteiger partial charge in [-0.25, -0.2) is 8.42 Å². The van der Waals surface area contributed by atoms with Gasteiger partial charge in [0, 0.05) is 32.7 Å². The zero-order chi connectivity index (χ0) is 19.1. The Balaban J connectivity index is 1.46. The van der Waals surface area contributed by atoms with E-state index >= 15 is 0 Å². The zero-order valence-electron chi connectivity index (χ0n) is 15.9. The number of hydrogen-bond donors (Lipinski definition) is 0. The average Bonchev–Trinajstić information content (AvgIpc) is 2.69. The maximum atomic E-state index is 12.6. The summed E-state index contributed by atoms with van der Waals surface area (Å²) in [5.41, 5.74) is 2.38. The quantitative estimate of drug-likeness (QED) is 0.698. The molecular formula is C21H28N2O3S. The van der Waals surface area contributed by atoms with Crippen LogP contribution in [-0.4, -0.2) is 56.7 Å². The lowest BCUT2D eigenvalue weighted by Crippen LogP contribution is -2.48. The minimum Gasteiger partial charge on any atom is -0.497 e. The number of hydrogen-bond acceptors (Lipinski definition) is 4. The largest absolute Gasteiger partial charge is 0.497 e. The summed E-state index contributed by atoms with van der Waals surface area (Å²) >= 11 is 0. The maximum absolute atomic E-state index is 12.6. The monoisotopic (exact) mass is 388 g/mol. The average molecular weight is 389 g/mol. The molecule has 2 aromatic rings. The molecule has 0 amide bonds. The highest BCUT2D eigenvalue weighted by Gasteiger charge is 2.26. The molecule has 5 nitrogen and oxygen atoms in total. The number of piperazine rings is 1. The van der Waals surface area contributed by atoms with Gasteiger partial charge in [-0.3, -0.25) is 4.90 Å². The van der Waals surface area contributed by atoms with Crippen LogP contribution in [0.15, 0.2) is 54.6 Å². The third-order valence-electron chi connectivity index (χ3n) is 4.98. The lowest BCUT2D eigenvalue weighted by molar-refractivity contribution is 0.181. The van der Waals surface area contributed by atoms with Gasteiger partial charge in [-0.05, 0) is 36.1 Å². The molecule has 0 unspecified atom stereocenters. The molecule has 0 saturated carbocycles. The first-order chi connectivity index (χ1) is 13.1. The lowest BCUT2D eigenvalue weighted by Gasteiger charge is -2.34. The second-order valence-corrected chi connectivity index (χ2v) is 9.02. The van der Waals surface area contributed by atoms with Gasteiger partial charge in [-0.1, -0.05) is 42.5 Å². The molecule has 3 rings (SSSR count). The van der Waals surface area contributed by atoms with Gasteiger partial charge in [0.15, 0.2) is 0 Å². The van der Waals surface area contributed by atoms with Crippen LogP contribution in [0.1, 0.15) is 17.5 Å². The summed E-state index contributed by atoms with van der Waals surface area (Å²) < 4.78 is 32.2. The Hall–Kier alpha value is -1.89. The lowest BCUT2D eigenvalue weighted by atomic mass is 10.1. The first-order valence-electron chi connectivity index (χ1n) is 9.44. The molecule has 0 aromatic heterocycles. The van der Waals surface area contributed by atoms with Crippen LogP contribution < -0.4 is 4.74 Å². The second-order valence-electron chi connectivity index (χ2n) is 6.93. The summed E-state index contributed by atoms with van der Waals surface area (Å²) in [6.07, 6.45) is 1.46. The zero-order valence-corrected chi connectivity index (χ0v) is 16.7. The van der Waals surface area contributed by atoms with Crippen molar-refractivity contribution in [3.63, 3.8) is 0 Å². The number of ether oxygens (including phenoxy) is 1. The summed E-state index contributed by atoms with van der Waals surface area (Å²) in [7, 11) is -1.51. The van der Waals surface area contributed by atoms with Crippen molar-refractivity contribution in [1.29, 1.82) is 0 Å². The summed E-state index contributed by atoms with van der Waals surface area (Å²) in [6.45, 7) is 3.47. The van der Waals surface area contributed by atoms with Gasteiger partial charge < -0.3 is 4.74 Å². The van der Waals surface area contributed by atoms with E-state index in [2.05, 4.69) is 11.0 Å². The van der Waals surface area contributed by atoms with Gasteiger partial charge in [0.2, 0.25) is 10.0 Å². The van der Waals surface area contributed by atoms with E-state index in [1.807, 2.05) is 48.5 Å². The number of sulfonamides is 1. The fraction of sp³-hybridized carbons (Fsp3) is 0.429. The molecular weight excluding hydrogens is 360 g/mol.